The molecule has 8 amide bonds. The second-order valence-electron chi connectivity index (χ2n) is 14.4. The Balaban J connectivity index is 1.97. The van der Waals surface area contributed by atoms with Gasteiger partial charge in [0.15, 0.2) is 5.96 Å². The molecule has 2 heterocycles. The van der Waals surface area contributed by atoms with Crippen LogP contribution in [0.1, 0.15) is 78.6 Å². The van der Waals surface area contributed by atoms with Crippen LogP contribution in [0.15, 0.2) is 4.99 Å². The Morgan fingerprint density at radius 1 is 0.707 bits per heavy atom. The number of carboxylic acids is 1. The van der Waals surface area contributed by atoms with Crippen molar-refractivity contribution in [1.82, 2.24) is 41.7 Å². The fourth-order valence-electron chi connectivity index (χ4n) is 6.35. The zero-order chi connectivity index (χ0) is 43.5. The van der Waals surface area contributed by atoms with Crippen LogP contribution >= 0.6 is 0 Å². The highest BCUT2D eigenvalue weighted by Crippen LogP contribution is 2.25. The summed E-state index contributed by atoms with van der Waals surface area (Å²) in [5.74, 6) is -6.40. The monoisotopic (exact) mass is 823 g/mol. The molecule has 0 saturated carbocycles. The second-order valence-corrected chi connectivity index (χ2v) is 14.4. The van der Waals surface area contributed by atoms with Crippen molar-refractivity contribution < 1.29 is 48.3 Å². The molecule has 0 unspecified atom stereocenters. The normalized spacial score (nSPS) is 18.7. The minimum Gasteiger partial charge on any atom is -0.480 e. The lowest BCUT2D eigenvalue weighted by Gasteiger charge is -2.31. The van der Waals surface area contributed by atoms with Gasteiger partial charge in [0.25, 0.3) is 0 Å². The Labute approximate surface area is 336 Å². The van der Waals surface area contributed by atoms with Gasteiger partial charge in [-0.3, -0.25) is 48.1 Å². The van der Waals surface area contributed by atoms with Gasteiger partial charge in [0.05, 0.1) is 19.1 Å². The first-order valence-electron chi connectivity index (χ1n) is 19.5. The summed E-state index contributed by atoms with van der Waals surface area (Å²) >= 11 is 0. The van der Waals surface area contributed by atoms with E-state index in [1.165, 1.54) is 30.6 Å². The van der Waals surface area contributed by atoms with E-state index in [4.69, 9.17) is 28.0 Å². The Bertz CT molecular complexity index is 1520. The largest absolute Gasteiger partial charge is 0.480 e. The van der Waals surface area contributed by atoms with Crippen LogP contribution < -0.4 is 54.8 Å². The van der Waals surface area contributed by atoms with E-state index in [0.29, 0.717) is 51.5 Å². The topological polar surface area (TPSA) is 369 Å². The SMILES string of the molecule is C[C@H](NC(=O)CNC(=O)[C@@H]1CCCN1C(=O)[C@@H]1CCCN1C(=O)CNC(=O)[C@H](C)NC(=O)[C@H](CCCN=C(N)N)NC(=O)[C@H](C)NC(=O)[C@@H](N)CCCCN)C(=O)O. The lowest BCUT2D eigenvalue weighted by atomic mass is 10.1. The van der Waals surface area contributed by atoms with Crippen molar-refractivity contribution in [3.8, 4) is 0 Å². The third kappa shape index (κ3) is 15.8. The minimum atomic E-state index is -1.24. The highest BCUT2D eigenvalue weighted by atomic mass is 16.4. The Morgan fingerprint density at radius 2 is 1.33 bits per heavy atom. The van der Waals surface area contributed by atoms with E-state index in [0.717, 1.165) is 0 Å². The van der Waals surface area contributed by atoms with Crippen LogP contribution in [0.2, 0.25) is 0 Å². The zero-order valence-corrected chi connectivity index (χ0v) is 33.4. The van der Waals surface area contributed by atoms with Crippen molar-refractivity contribution in [2.24, 2.45) is 27.9 Å². The van der Waals surface area contributed by atoms with Gasteiger partial charge in [0.2, 0.25) is 47.3 Å². The third-order valence-electron chi connectivity index (χ3n) is 9.67. The van der Waals surface area contributed by atoms with E-state index < -0.39 is 109 Å². The van der Waals surface area contributed by atoms with Crippen LogP contribution in [-0.4, -0.2) is 156 Å². The molecule has 58 heavy (non-hydrogen) atoms. The van der Waals surface area contributed by atoms with Crippen molar-refractivity contribution in [2.75, 3.05) is 39.3 Å². The van der Waals surface area contributed by atoms with Crippen LogP contribution in [0.25, 0.3) is 0 Å². The highest BCUT2D eigenvalue weighted by Gasteiger charge is 2.42. The number of guanidine groups is 1. The molecule has 0 aromatic heterocycles. The van der Waals surface area contributed by atoms with Crippen molar-refractivity contribution in [3.63, 3.8) is 0 Å². The van der Waals surface area contributed by atoms with Gasteiger partial charge in [0, 0.05) is 19.6 Å². The molecule has 0 spiro atoms. The number of nitrogens with one attached hydrogen (secondary N) is 6. The summed E-state index contributed by atoms with van der Waals surface area (Å²) < 4.78 is 0. The first kappa shape index (κ1) is 48.6. The number of nitrogens with two attached hydrogens (primary N) is 4. The second kappa shape index (κ2) is 24.2. The molecule has 15 N–H and O–H groups in total. The van der Waals surface area contributed by atoms with Crippen LogP contribution in [0, 0.1) is 0 Å². The van der Waals surface area contributed by atoms with Crippen LogP contribution in [0.5, 0.6) is 0 Å². The maximum Gasteiger partial charge on any atom is 0.325 e. The molecule has 0 radical (unpaired) electrons. The number of hydrogen-bond donors (Lipinski definition) is 11. The van der Waals surface area contributed by atoms with E-state index in [-0.39, 0.29) is 38.4 Å². The molecule has 23 nitrogen and oxygen atoms in total. The standard InChI is InChI=1S/C35H61N13O10/c1-19(45-31(54)23(10-6-14-40-35(38)39)46-29(52)20(2)44-30(53)22(37)9-4-5-13-36)28(51)42-18-27(50)47-15-8-12-25(47)33(56)48-16-7-11-24(48)32(55)41-17-26(49)43-21(3)34(57)58/h19-25H,4-18,36-37H2,1-3H3,(H,41,55)(H,42,51)(H,43,49)(H,44,53)(H,45,54)(H,46,52)(H,57,58)(H4,38,39,40)/t19-,20-,21-,22-,23-,24-,25-/m0/s1. The average Bonchev–Trinajstić information content (AvgIpc) is 3.87. The van der Waals surface area contributed by atoms with E-state index in [1.54, 1.807) is 0 Å². The van der Waals surface area contributed by atoms with E-state index in [1.807, 2.05) is 0 Å². The Morgan fingerprint density at radius 3 is 1.97 bits per heavy atom. The molecule has 2 rings (SSSR count). The number of carbonyl (C=O) groups is 9. The van der Waals surface area contributed by atoms with Gasteiger partial charge >= 0.3 is 5.97 Å². The number of likely N-dealkylation sites (tertiary alicyclic amines) is 2. The number of aliphatic carboxylic acids is 1. The van der Waals surface area contributed by atoms with Gasteiger partial charge in [0.1, 0.15) is 36.3 Å². The average molecular weight is 824 g/mol. The number of rotatable bonds is 23. The summed E-state index contributed by atoms with van der Waals surface area (Å²) in [5.41, 5.74) is 22.2. The van der Waals surface area contributed by atoms with E-state index >= 15 is 0 Å². The van der Waals surface area contributed by atoms with E-state index in [2.05, 4.69) is 36.9 Å². The van der Waals surface area contributed by atoms with Crippen molar-refractivity contribution >= 4 is 59.2 Å². The number of amides is 8. The summed E-state index contributed by atoms with van der Waals surface area (Å²) in [6.45, 7) is 4.17. The van der Waals surface area contributed by atoms with Crippen molar-refractivity contribution in [3.05, 3.63) is 0 Å². The number of carboxylic acid groups (broad SMARTS) is 1. The number of hydrogen-bond acceptors (Lipinski definition) is 12. The molecule has 2 fully saturated rings. The number of nitrogens with zero attached hydrogens (tertiary/aromatic N) is 3. The number of unbranched alkanes of at least 4 members (excludes halogenated alkanes) is 1. The van der Waals surface area contributed by atoms with Crippen LogP contribution in [0.4, 0.5) is 0 Å². The first-order valence-corrected chi connectivity index (χ1v) is 19.5. The quantitative estimate of drug-likeness (QED) is 0.0261. The molecule has 0 aromatic rings. The summed E-state index contributed by atoms with van der Waals surface area (Å²) in [4.78, 5) is 121. The summed E-state index contributed by atoms with van der Waals surface area (Å²) in [6, 6.07) is -7.19. The molecule has 2 aliphatic heterocycles. The molecule has 0 aromatic carbocycles. The van der Waals surface area contributed by atoms with Gasteiger partial charge < -0.3 is 69.7 Å². The highest BCUT2D eigenvalue weighted by molar-refractivity contribution is 5.97. The van der Waals surface area contributed by atoms with Crippen LogP contribution in [0.3, 0.4) is 0 Å². The molecule has 0 aliphatic carbocycles. The van der Waals surface area contributed by atoms with Gasteiger partial charge in [-0.05, 0) is 78.7 Å². The molecule has 326 valence electrons. The van der Waals surface area contributed by atoms with E-state index in [9.17, 15) is 43.2 Å². The first-order chi connectivity index (χ1) is 27.4. The third-order valence-corrected chi connectivity index (χ3v) is 9.67. The van der Waals surface area contributed by atoms with Crippen molar-refractivity contribution in [2.45, 2.75) is 121 Å². The summed E-state index contributed by atoms with van der Waals surface area (Å²) in [7, 11) is 0. The number of carbonyl (C=O) groups excluding carboxylic acids is 8. The van der Waals surface area contributed by atoms with Crippen molar-refractivity contribution in [1.29, 1.82) is 0 Å². The van der Waals surface area contributed by atoms with Crippen LogP contribution in [-0.2, 0) is 43.2 Å². The molecule has 2 saturated heterocycles. The summed E-state index contributed by atoms with van der Waals surface area (Å²) in [5, 5.41) is 23.7. The maximum atomic E-state index is 13.6. The zero-order valence-electron chi connectivity index (χ0n) is 33.4. The molecular weight excluding hydrogens is 762 g/mol. The fourth-order valence-corrected chi connectivity index (χ4v) is 6.35. The Kier molecular flexibility index (Phi) is 20.3. The smallest absolute Gasteiger partial charge is 0.325 e. The predicted octanol–water partition coefficient (Wildman–Crippen LogP) is -5.21. The molecular formula is C35H61N13O10. The lowest BCUT2D eigenvalue weighted by Crippen LogP contribution is -2.57. The molecule has 2 aliphatic rings. The van der Waals surface area contributed by atoms with Gasteiger partial charge in [-0.2, -0.15) is 0 Å². The maximum absolute atomic E-state index is 13.6. The molecule has 0 bridgehead atoms. The van der Waals surface area contributed by atoms with Gasteiger partial charge in [-0.15, -0.1) is 0 Å². The summed E-state index contributed by atoms with van der Waals surface area (Å²) in [6.07, 6.45) is 3.68. The predicted molar refractivity (Wildman–Crippen MR) is 209 cm³/mol. The molecule has 23 heteroatoms. The number of aliphatic imine (C=N–C) groups is 1. The molecule has 7 atom stereocenters. The van der Waals surface area contributed by atoms with Gasteiger partial charge in [-0.1, -0.05) is 6.42 Å². The minimum absolute atomic E-state index is 0.0613. The Hall–Kier alpha value is -5.58. The lowest BCUT2D eigenvalue weighted by molar-refractivity contribution is -0.146. The van der Waals surface area contributed by atoms with Gasteiger partial charge in [-0.25, -0.2) is 0 Å². The fraction of sp³-hybridized carbons (Fsp3) is 0.714.